The van der Waals surface area contributed by atoms with E-state index in [0.717, 1.165) is 48.7 Å². The van der Waals surface area contributed by atoms with Gasteiger partial charge in [-0.15, -0.1) is 24.3 Å². The molecule has 34 heavy (non-hydrogen) atoms. The minimum Gasteiger partial charge on any atom is -1.00 e. The summed E-state index contributed by atoms with van der Waals surface area (Å²) in [6, 6.07) is 18.6. The van der Waals surface area contributed by atoms with E-state index in [-0.39, 0.29) is 80.1 Å². The van der Waals surface area contributed by atoms with E-state index < -0.39 is 0 Å². The van der Waals surface area contributed by atoms with E-state index in [1.807, 2.05) is 24.3 Å². The molecule has 182 valence electrons. The van der Waals surface area contributed by atoms with Crippen molar-refractivity contribution in [2.45, 2.75) is 90.9 Å². The van der Waals surface area contributed by atoms with Crippen LogP contribution in [0.3, 0.4) is 0 Å². The Labute approximate surface area is 262 Å². The van der Waals surface area contributed by atoms with E-state index in [4.69, 9.17) is 9.47 Å². The first-order valence-electron chi connectivity index (χ1n) is 12.1. The summed E-state index contributed by atoms with van der Waals surface area (Å²) in [5.74, 6) is 1.81. The van der Waals surface area contributed by atoms with Crippen molar-refractivity contribution in [3.8, 4) is 22.6 Å². The molecule has 2 aromatic rings. The minimum atomic E-state index is 0. The Morgan fingerprint density at radius 2 is 0.912 bits per heavy atom. The molecule has 6 heteroatoms. The molecule has 0 aliphatic rings. The molecule has 0 bridgehead atoms. The van der Waals surface area contributed by atoms with Gasteiger partial charge in [0.2, 0.25) is 0 Å². The largest absolute Gasteiger partial charge is 2.00 e. The predicted molar refractivity (Wildman–Crippen MR) is 139 cm³/mol. The van der Waals surface area contributed by atoms with Crippen LogP contribution in [0.4, 0.5) is 0 Å². The number of hydrogen-bond donors (Lipinski definition) is 0. The van der Waals surface area contributed by atoms with E-state index in [1.165, 1.54) is 64.2 Å². The molecule has 0 atom stereocenters. The zero-order valence-corrected chi connectivity index (χ0v) is 27.4. The molecule has 0 radical (unpaired) electrons. The number of unbranched alkanes of at least 4 members (excludes halogenated alkanes) is 10. The van der Waals surface area contributed by atoms with Gasteiger partial charge in [-0.3, -0.25) is 0 Å². The van der Waals surface area contributed by atoms with Gasteiger partial charge in [0.15, 0.2) is 0 Å². The topological polar surface area (TPSA) is 18.5 Å². The van der Waals surface area contributed by atoms with Gasteiger partial charge in [-0.1, -0.05) is 78.1 Å². The number of benzene rings is 2. The number of ether oxygens (including phenoxy) is 2. The van der Waals surface area contributed by atoms with Gasteiger partial charge in [0.05, 0.1) is 13.2 Å². The van der Waals surface area contributed by atoms with Crippen molar-refractivity contribution < 1.29 is 43.4 Å². The maximum atomic E-state index is 5.96. The van der Waals surface area contributed by atoms with Crippen molar-refractivity contribution in [2.24, 2.45) is 0 Å². The number of halogens is 2. The summed E-state index contributed by atoms with van der Waals surface area (Å²) in [5, 5.41) is 0. The summed E-state index contributed by atoms with van der Waals surface area (Å²) >= 11 is 0. The second-order valence-electron chi connectivity index (χ2n) is 8.11. The maximum absolute atomic E-state index is 5.96. The van der Waals surface area contributed by atoms with Crippen LogP contribution >= 0.6 is 0 Å². The normalized spacial score (nSPS) is 9.59. The van der Waals surface area contributed by atoms with Crippen LogP contribution in [0.25, 0.3) is 11.1 Å². The molecule has 0 heterocycles. The fraction of sp³-hybridized carbons (Fsp3) is 0.571. The summed E-state index contributed by atoms with van der Waals surface area (Å²) in [5.41, 5.74) is 2.00. The van der Waals surface area contributed by atoms with Gasteiger partial charge in [-0.05, 0) is 12.8 Å². The second-order valence-corrected chi connectivity index (χ2v) is 8.11. The molecular formula is C28H40Br2Mg2O2. The fourth-order valence-electron chi connectivity index (χ4n) is 3.53. The van der Waals surface area contributed by atoms with E-state index in [9.17, 15) is 0 Å². The van der Waals surface area contributed by atoms with Crippen LogP contribution in [0.1, 0.15) is 90.9 Å². The van der Waals surface area contributed by atoms with Crippen LogP contribution in [0.5, 0.6) is 11.5 Å². The summed E-state index contributed by atoms with van der Waals surface area (Å²) in [6.07, 6.45) is 15.3. The average Bonchev–Trinajstić information content (AvgIpc) is 2.78. The van der Waals surface area contributed by atoms with Crippen molar-refractivity contribution >= 4 is 46.1 Å². The summed E-state index contributed by atoms with van der Waals surface area (Å²) in [7, 11) is 0. The molecule has 0 fully saturated rings. The van der Waals surface area contributed by atoms with Crippen LogP contribution in [-0.4, -0.2) is 59.3 Å². The molecule has 2 aromatic carbocycles. The Morgan fingerprint density at radius 1 is 0.559 bits per heavy atom. The Morgan fingerprint density at radius 3 is 1.29 bits per heavy atom. The summed E-state index contributed by atoms with van der Waals surface area (Å²) < 4.78 is 11.9. The molecule has 2 rings (SSSR count). The van der Waals surface area contributed by atoms with Gasteiger partial charge in [-0.25, -0.2) is 11.1 Å². The minimum absolute atomic E-state index is 0. The molecule has 0 saturated carbocycles. The fourth-order valence-corrected chi connectivity index (χ4v) is 3.53. The molecule has 0 aliphatic heterocycles. The van der Waals surface area contributed by atoms with Crippen molar-refractivity contribution in [1.82, 2.24) is 0 Å². The van der Waals surface area contributed by atoms with Crippen LogP contribution in [-0.2, 0) is 0 Å². The summed E-state index contributed by atoms with van der Waals surface area (Å²) in [4.78, 5) is 0. The van der Waals surface area contributed by atoms with E-state index >= 15 is 0 Å². The first-order chi connectivity index (χ1) is 14.8. The Balaban J connectivity index is -0.00000240. The number of hydrogen-bond acceptors (Lipinski definition) is 2. The average molecular weight is 617 g/mol. The van der Waals surface area contributed by atoms with E-state index in [0.29, 0.717) is 0 Å². The Kier molecular flexibility index (Phi) is 30.5. The molecule has 0 spiro atoms. The first-order valence-corrected chi connectivity index (χ1v) is 12.1. The Hall–Kier alpha value is 0.532. The van der Waals surface area contributed by atoms with Gasteiger partial charge < -0.3 is 43.4 Å². The third kappa shape index (κ3) is 17.9. The van der Waals surface area contributed by atoms with Crippen LogP contribution in [0.2, 0.25) is 0 Å². The van der Waals surface area contributed by atoms with Gasteiger partial charge in [0.25, 0.3) is 0 Å². The smallest absolute Gasteiger partial charge is 1.00 e. The molecular weight excluding hydrogens is 577 g/mol. The summed E-state index contributed by atoms with van der Waals surface area (Å²) in [6.45, 7) is 6.06. The van der Waals surface area contributed by atoms with Crippen molar-refractivity contribution in [1.29, 1.82) is 0 Å². The first kappa shape index (κ1) is 39.1. The van der Waals surface area contributed by atoms with Crippen molar-refractivity contribution in [3.63, 3.8) is 0 Å². The molecule has 0 unspecified atom stereocenters. The van der Waals surface area contributed by atoms with Crippen LogP contribution in [0, 0.1) is 12.1 Å². The monoisotopic (exact) mass is 614 g/mol. The zero-order chi connectivity index (χ0) is 21.3. The van der Waals surface area contributed by atoms with Crippen LogP contribution < -0.4 is 43.4 Å². The third-order valence-electron chi connectivity index (χ3n) is 5.37. The van der Waals surface area contributed by atoms with Crippen molar-refractivity contribution in [3.05, 3.63) is 48.5 Å². The van der Waals surface area contributed by atoms with E-state index in [1.54, 1.807) is 0 Å². The van der Waals surface area contributed by atoms with Gasteiger partial charge in [0, 0.05) is 11.5 Å². The Bertz CT molecular complexity index is 642. The third-order valence-corrected chi connectivity index (χ3v) is 5.37. The predicted octanol–water partition coefficient (Wildman–Crippen LogP) is 1.68. The standard InChI is InChI=1S/C28H40O2.2BrH.2Mg/c1-3-5-7-9-11-13-21-29-27-19-15-17-25(23-27)26-18-16-20-28(24-26)30-22-14-12-10-8-6-4-2;;;;/h15-16,19-20,23-24H,3-14,21-22H2,1-2H3;2*1H;;/q-2;;;2*+2/p-2. The molecule has 0 aliphatic carbocycles. The van der Waals surface area contributed by atoms with Gasteiger partial charge in [0.1, 0.15) is 0 Å². The molecule has 2 nitrogen and oxygen atoms in total. The van der Waals surface area contributed by atoms with Gasteiger partial charge >= 0.3 is 46.1 Å². The number of rotatable bonds is 17. The molecule has 0 aromatic heterocycles. The van der Waals surface area contributed by atoms with E-state index in [2.05, 4.69) is 38.1 Å². The van der Waals surface area contributed by atoms with Crippen LogP contribution in [0.15, 0.2) is 36.4 Å². The van der Waals surface area contributed by atoms with Crippen molar-refractivity contribution in [2.75, 3.05) is 13.2 Å². The molecule has 0 N–H and O–H groups in total. The second kappa shape index (κ2) is 26.6. The molecule has 0 saturated heterocycles. The SMILES string of the molecule is CCCCCCCCOc1cc[c-]c(-c2[c-]ccc(OCCCCCCCC)c2)c1.[Br-].[Br-].[Mg+2].[Mg+2]. The molecule has 0 amide bonds. The quantitative estimate of drug-likeness (QED) is 0.153. The maximum Gasteiger partial charge on any atom is 2.00 e. The zero-order valence-electron chi connectivity index (χ0n) is 21.4. The van der Waals surface area contributed by atoms with Gasteiger partial charge in [-0.2, -0.15) is 24.3 Å².